The van der Waals surface area contributed by atoms with Gasteiger partial charge in [0, 0.05) is 23.7 Å². The molecule has 2 aliphatic rings. The van der Waals surface area contributed by atoms with Gasteiger partial charge in [0.1, 0.15) is 12.1 Å². The molecule has 2 aromatic rings. The molecule has 2 unspecified atom stereocenters. The van der Waals surface area contributed by atoms with Crippen LogP contribution in [-0.2, 0) is 11.8 Å². The summed E-state index contributed by atoms with van der Waals surface area (Å²) in [5.74, 6) is 1.70. The van der Waals surface area contributed by atoms with E-state index in [0.717, 1.165) is 24.0 Å². The number of rotatable bonds is 3. The lowest BCUT2D eigenvalue weighted by Crippen LogP contribution is -2.21. The van der Waals surface area contributed by atoms with Gasteiger partial charge in [-0.05, 0) is 49.7 Å². The van der Waals surface area contributed by atoms with Crippen molar-refractivity contribution in [3.05, 3.63) is 53.5 Å². The van der Waals surface area contributed by atoms with Gasteiger partial charge in [-0.1, -0.05) is 24.3 Å². The lowest BCUT2D eigenvalue weighted by molar-refractivity contribution is 0.503. The van der Waals surface area contributed by atoms with Crippen LogP contribution in [0.25, 0.3) is 0 Å². The van der Waals surface area contributed by atoms with Crippen molar-refractivity contribution in [2.75, 3.05) is 11.9 Å². The number of nitrogens with one attached hydrogen (secondary N) is 1. The Labute approximate surface area is 125 Å². The maximum atomic E-state index is 4.29. The average molecular weight is 279 g/mol. The summed E-state index contributed by atoms with van der Waals surface area (Å²) in [5.41, 5.74) is 4.65. The van der Waals surface area contributed by atoms with Gasteiger partial charge in [-0.3, -0.25) is 0 Å². The molecule has 1 saturated carbocycles. The van der Waals surface area contributed by atoms with E-state index in [1.54, 1.807) is 17.5 Å². The molecule has 1 heterocycles. The van der Waals surface area contributed by atoms with Crippen molar-refractivity contribution in [3.8, 4) is 0 Å². The molecule has 1 fully saturated rings. The van der Waals surface area contributed by atoms with Crippen LogP contribution in [0, 0.1) is 12.8 Å². The molecule has 21 heavy (non-hydrogen) atoms. The number of aromatic nitrogens is 2. The topological polar surface area (TPSA) is 37.8 Å². The van der Waals surface area contributed by atoms with E-state index in [0.29, 0.717) is 5.41 Å². The highest BCUT2D eigenvalue weighted by atomic mass is 15.0. The fourth-order valence-corrected chi connectivity index (χ4v) is 4.02. The molecule has 3 nitrogen and oxygen atoms in total. The van der Waals surface area contributed by atoms with E-state index in [2.05, 4.69) is 39.6 Å². The summed E-state index contributed by atoms with van der Waals surface area (Å²) in [5, 5.41) is 3.50. The van der Waals surface area contributed by atoms with Crippen molar-refractivity contribution >= 4 is 5.82 Å². The quantitative estimate of drug-likeness (QED) is 0.934. The van der Waals surface area contributed by atoms with E-state index < -0.39 is 0 Å². The Morgan fingerprint density at radius 1 is 1.29 bits per heavy atom. The van der Waals surface area contributed by atoms with Crippen LogP contribution in [0.2, 0.25) is 0 Å². The summed E-state index contributed by atoms with van der Waals surface area (Å²) in [7, 11) is 0. The lowest BCUT2D eigenvalue weighted by Gasteiger charge is -2.26. The number of benzene rings is 1. The van der Waals surface area contributed by atoms with Crippen molar-refractivity contribution in [2.45, 2.75) is 38.0 Å². The first-order valence-corrected chi connectivity index (χ1v) is 7.89. The van der Waals surface area contributed by atoms with Gasteiger partial charge in [-0.2, -0.15) is 0 Å². The minimum atomic E-state index is 0.448. The zero-order chi connectivity index (χ0) is 14.3. The van der Waals surface area contributed by atoms with Crippen LogP contribution in [0.15, 0.2) is 36.7 Å². The van der Waals surface area contributed by atoms with E-state index >= 15 is 0 Å². The SMILES string of the molecule is Cc1cc(NCC2CC23CCCc2ccccc23)ncn1. The molecule has 3 heteroatoms. The second-order valence-corrected chi connectivity index (χ2v) is 6.49. The number of fused-ring (bicyclic) bond motifs is 2. The van der Waals surface area contributed by atoms with Crippen LogP contribution in [0.5, 0.6) is 0 Å². The minimum absolute atomic E-state index is 0.448. The van der Waals surface area contributed by atoms with Crippen molar-refractivity contribution in [1.82, 2.24) is 9.97 Å². The van der Waals surface area contributed by atoms with Gasteiger partial charge in [-0.15, -0.1) is 0 Å². The molecule has 2 atom stereocenters. The predicted molar refractivity (Wildman–Crippen MR) is 84.4 cm³/mol. The Kier molecular flexibility index (Phi) is 2.95. The smallest absolute Gasteiger partial charge is 0.129 e. The first-order valence-electron chi connectivity index (χ1n) is 7.89. The van der Waals surface area contributed by atoms with E-state index in [4.69, 9.17) is 0 Å². The highest BCUT2D eigenvalue weighted by Crippen LogP contribution is 2.60. The molecule has 0 aliphatic heterocycles. The molecule has 1 aromatic heterocycles. The molecule has 1 spiro atoms. The van der Waals surface area contributed by atoms with Crippen LogP contribution < -0.4 is 5.32 Å². The molecule has 4 rings (SSSR count). The average Bonchev–Trinajstić information content (AvgIpc) is 3.19. The van der Waals surface area contributed by atoms with Gasteiger partial charge in [0.2, 0.25) is 0 Å². The molecule has 0 radical (unpaired) electrons. The van der Waals surface area contributed by atoms with Crippen LogP contribution in [0.4, 0.5) is 5.82 Å². The van der Waals surface area contributed by atoms with E-state index in [1.165, 1.54) is 25.7 Å². The van der Waals surface area contributed by atoms with Crippen LogP contribution in [0.3, 0.4) is 0 Å². The molecule has 1 aromatic carbocycles. The first kappa shape index (κ1) is 12.8. The lowest BCUT2D eigenvalue weighted by atomic mass is 9.78. The number of hydrogen-bond acceptors (Lipinski definition) is 3. The fraction of sp³-hybridized carbons (Fsp3) is 0.444. The van der Waals surface area contributed by atoms with Crippen molar-refractivity contribution in [1.29, 1.82) is 0 Å². The molecular weight excluding hydrogens is 258 g/mol. The van der Waals surface area contributed by atoms with Crippen molar-refractivity contribution in [3.63, 3.8) is 0 Å². The van der Waals surface area contributed by atoms with Gasteiger partial charge in [0.25, 0.3) is 0 Å². The summed E-state index contributed by atoms with van der Waals surface area (Å²) < 4.78 is 0. The van der Waals surface area contributed by atoms with E-state index in [1.807, 2.05) is 13.0 Å². The fourth-order valence-electron chi connectivity index (χ4n) is 4.02. The van der Waals surface area contributed by atoms with Crippen LogP contribution >= 0.6 is 0 Å². The standard InChI is InChI=1S/C18H21N3/c1-13-9-17(21-12-20-13)19-11-15-10-18(15)8-4-6-14-5-2-3-7-16(14)18/h2-3,5,7,9,12,15H,4,6,8,10-11H2,1H3,(H,19,20,21). The van der Waals surface area contributed by atoms with Gasteiger partial charge >= 0.3 is 0 Å². The molecule has 2 aliphatic carbocycles. The summed E-state index contributed by atoms with van der Waals surface area (Å²) in [6.45, 7) is 3.02. The van der Waals surface area contributed by atoms with Gasteiger partial charge in [-0.25, -0.2) is 9.97 Å². The molecule has 0 saturated heterocycles. The van der Waals surface area contributed by atoms with Crippen LogP contribution in [-0.4, -0.2) is 16.5 Å². The maximum Gasteiger partial charge on any atom is 0.129 e. The number of nitrogens with zero attached hydrogens (tertiary/aromatic N) is 2. The van der Waals surface area contributed by atoms with Crippen LogP contribution in [0.1, 0.15) is 36.1 Å². The molecule has 0 amide bonds. The first-order chi connectivity index (χ1) is 10.3. The van der Waals surface area contributed by atoms with Gasteiger partial charge in [0.15, 0.2) is 0 Å². The maximum absolute atomic E-state index is 4.29. The minimum Gasteiger partial charge on any atom is -0.370 e. The Hall–Kier alpha value is -1.90. The summed E-state index contributed by atoms with van der Waals surface area (Å²) in [6.07, 6.45) is 6.89. The van der Waals surface area contributed by atoms with Gasteiger partial charge < -0.3 is 5.32 Å². The Bertz CT molecular complexity index is 667. The Morgan fingerprint density at radius 2 is 2.19 bits per heavy atom. The highest BCUT2D eigenvalue weighted by molar-refractivity contribution is 5.44. The Balaban J connectivity index is 1.49. The third-order valence-electron chi connectivity index (χ3n) is 5.19. The van der Waals surface area contributed by atoms with Crippen molar-refractivity contribution in [2.24, 2.45) is 5.92 Å². The van der Waals surface area contributed by atoms with Gasteiger partial charge in [0.05, 0.1) is 0 Å². The Morgan fingerprint density at radius 3 is 3.10 bits per heavy atom. The normalized spacial score (nSPS) is 26.4. The zero-order valence-corrected chi connectivity index (χ0v) is 12.5. The molecule has 1 N–H and O–H groups in total. The number of anilines is 1. The molecular formula is C18H21N3. The monoisotopic (exact) mass is 279 g/mol. The van der Waals surface area contributed by atoms with E-state index in [9.17, 15) is 0 Å². The third kappa shape index (κ3) is 2.21. The molecule has 0 bridgehead atoms. The van der Waals surface area contributed by atoms with E-state index in [-0.39, 0.29) is 0 Å². The third-order valence-corrected chi connectivity index (χ3v) is 5.19. The summed E-state index contributed by atoms with van der Waals surface area (Å²) in [4.78, 5) is 8.44. The second-order valence-electron chi connectivity index (χ2n) is 6.49. The number of hydrogen-bond donors (Lipinski definition) is 1. The zero-order valence-electron chi connectivity index (χ0n) is 12.5. The molecule has 108 valence electrons. The highest BCUT2D eigenvalue weighted by Gasteiger charge is 2.55. The summed E-state index contributed by atoms with van der Waals surface area (Å²) >= 11 is 0. The largest absolute Gasteiger partial charge is 0.370 e. The predicted octanol–water partition coefficient (Wildman–Crippen LogP) is 3.49. The van der Waals surface area contributed by atoms with Crippen molar-refractivity contribution < 1.29 is 0 Å². The summed E-state index contributed by atoms with van der Waals surface area (Å²) in [6, 6.07) is 11.1. The second kappa shape index (κ2) is 4.83. The number of aryl methyl sites for hydroxylation is 2.